The lowest BCUT2D eigenvalue weighted by molar-refractivity contribution is 0.0985. The number of ether oxygens (including phenoxy) is 1. The van der Waals surface area contributed by atoms with Gasteiger partial charge in [-0.2, -0.15) is 0 Å². The Kier molecular flexibility index (Phi) is 2.55. The number of benzene rings is 1. The van der Waals surface area contributed by atoms with Crippen LogP contribution in [-0.4, -0.2) is 28.9 Å². The fraction of sp³-hybridized carbons (Fsp3) is 0.0909. The van der Waals surface area contributed by atoms with Crippen LogP contribution < -0.4 is 4.74 Å². The molecular weight excluding hydrogens is 248 g/mol. The first-order valence-electron chi connectivity index (χ1n) is 4.56. The number of fused-ring (bicyclic) bond motifs is 1. The van der Waals surface area contributed by atoms with Crippen molar-refractivity contribution in [1.82, 2.24) is 0 Å². The van der Waals surface area contributed by atoms with Gasteiger partial charge in [0.25, 0.3) is 0 Å². The minimum atomic E-state index is -0.711. The van der Waals surface area contributed by atoms with Gasteiger partial charge in [0.05, 0.1) is 23.3 Å². The molecule has 0 amide bonds. The smallest absolute Gasteiger partial charge is 0.209 e. The first-order chi connectivity index (χ1) is 7.97. The van der Waals surface area contributed by atoms with Gasteiger partial charge in [0, 0.05) is 12.1 Å². The van der Waals surface area contributed by atoms with Crippen molar-refractivity contribution in [2.45, 2.75) is 0 Å². The largest absolute Gasteiger partial charge is 0.507 e. The van der Waals surface area contributed by atoms with Gasteiger partial charge in [-0.3, -0.25) is 9.59 Å². The molecular formula is C11H7ClO5. The van der Waals surface area contributed by atoms with Gasteiger partial charge < -0.3 is 14.9 Å². The van der Waals surface area contributed by atoms with E-state index in [1.807, 2.05) is 0 Å². The Morgan fingerprint density at radius 1 is 1.24 bits per heavy atom. The van der Waals surface area contributed by atoms with Crippen LogP contribution in [0.25, 0.3) is 0 Å². The van der Waals surface area contributed by atoms with Crippen molar-refractivity contribution in [3.8, 4) is 17.2 Å². The Labute approximate surface area is 101 Å². The Bertz CT molecular complexity index is 574. The molecule has 0 unspecified atom stereocenters. The van der Waals surface area contributed by atoms with E-state index in [-0.39, 0.29) is 21.9 Å². The summed E-state index contributed by atoms with van der Waals surface area (Å²) in [6.45, 7) is 0. The van der Waals surface area contributed by atoms with Gasteiger partial charge >= 0.3 is 0 Å². The first kappa shape index (κ1) is 11.5. The predicted molar refractivity (Wildman–Crippen MR) is 58.9 cm³/mol. The van der Waals surface area contributed by atoms with Crippen molar-refractivity contribution < 1.29 is 24.5 Å². The average molecular weight is 255 g/mol. The molecule has 88 valence electrons. The topological polar surface area (TPSA) is 83.8 Å². The first-order valence-corrected chi connectivity index (χ1v) is 4.94. The number of allylic oxidation sites excluding steroid dienone is 2. The summed E-state index contributed by atoms with van der Waals surface area (Å²) >= 11 is 5.55. The van der Waals surface area contributed by atoms with Gasteiger partial charge in [-0.15, -0.1) is 0 Å². The molecule has 0 atom stereocenters. The van der Waals surface area contributed by atoms with Crippen molar-refractivity contribution in [1.29, 1.82) is 0 Å². The van der Waals surface area contributed by atoms with E-state index in [0.29, 0.717) is 0 Å². The molecule has 1 aliphatic carbocycles. The molecule has 0 saturated carbocycles. The summed E-state index contributed by atoms with van der Waals surface area (Å²) in [5.41, 5.74) is -0.600. The molecule has 2 rings (SSSR count). The molecule has 0 heterocycles. The highest BCUT2D eigenvalue weighted by Gasteiger charge is 2.32. The lowest BCUT2D eigenvalue weighted by Gasteiger charge is -2.16. The van der Waals surface area contributed by atoms with Crippen LogP contribution >= 0.6 is 11.6 Å². The van der Waals surface area contributed by atoms with E-state index in [4.69, 9.17) is 16.3 Å². The molecule has 2 N–H and O–H groups in total. The third-order valence-electron chi connectivity index (χ3n) is 2.41. The summed E-state index contributed by atoms with van der Waals surface area (Å²) in [6.07, 6.45) is 0.894. The van der Waals surface area contributed by atoms with Crippen LogP contribution in [0.15, 0.2) is 17.2 Å². The van der Waals surface area contributed by atoms with Gasteiger partial charge in [-0.1, -0.05) is 11.6 Å². The SMILES string of the molecule is COc1cc(O)c2c(c1O)C(=O)C=C(Cl)C2=O. The minimum absolute atomic E-state index is 0.0891. The number of methoxy groups -OCH3 is 1. The third-order valence-corrected chi connectivity index (χ3v) is 2.69. The van der Waals surface area contributed by atoms with Gasteiger partial charge in [-0.25, -0.2) is 0 Å². The number of phenols is 2. The third kappa shape index (κ3) is 1.55. The average Bonchev–Trinajstić information content (AvgIpc) is 2.28. The summed E-state index contributed by atoms with van der Waals surface area (Å²) < 4.78 is 4.78. The molecule has 0 fully saturated rings. The van der Waals surface area contributed by atoms with Gasteiger partial charge in [0.15, 0.2) is 17.3 Å². The summed E-state index contributed by atoms with van der Waals surface area (Å²) in [5, 5.41) is 19.1. The van der Waals surface area contributed by atoms with Crippen LogP contribution in [0.3, 0.4) is 0 Å². The molecule has 0 saturated heterocycles. The van der Waals surface area contributed by atoms with Gasteiger partial charge in [0.1, 0.15) is 5.75 Å². The van der Waals surface area contributed by atoms with E-state index < -0.39 is 23.1 Å². The maximum Gasteiger partial charge on any atom is 0.209 e. The van der Waals surface area contributed by atoms with E-state index in [2.05, 4.69) is 0 Å². The molecule has 0 spiro atoms. The number of carbonyl (C=O) groups excluding carboxylic acids is 2. The number of aromatic hydroxyl groups is 2. The van der Waals surface area contributed by atoms with E-state index >= 15 is 0 Å². The van der Waals surface area contributed by atoms with Crippen molar-refractivity contribution in [2.24, 2.45) is 0 Å². The van der Waals surface area contributed by atoms with Crippen molar-refractivity contribution in [3.63, 3.8) is 0 Å². The van der Waals surface area contributed by atoms with Crippen molar-refractivity contribution in [3.05, 3.63) is 28.3 Å². The normalized spacial score (nSPS) is 14.4. The number of ketones is 2. The Hall–Kier alpha value is -2.01. The van der Waals surface area contributed by atoms with Crippen LogP contribution in [0.4, 0.5) is 0 Å². The standard InChI is InChI=1S/C11H7ClO5/c1-17-7-3-6(14)8-9(11(7)16)5(13)2-4(12)10(8)15/h2-3,14,16H,1H3. The van der Waals surface area contributed by atoms with Crippen LogP contribution in [0.5, 0.6) is 17.2 Å². The number of halogens is 1. The highest BCUT2D eigenvalue weighted by molar-refractivity contribution is 6.49. The second kappa shape index (κ2) is 3.78. The van der Waals surface area contributed by atoms with Crippen LogP contribution in [0, 0.1) is 0 Å². The summed E-state index contributed by atoms with van der Waals surface area (Å²) in [6, 6.07) is 1.05. The summed E-state index contributed by atoms with van der Waals surface area (Å²) in [5.74, 6) is -2.40. The molecule has 0 aromatic heterocycles. The number of hydrogen-bond donors (Lipinski definition) is 2. The van der Waals surface area contributed by atoms with Crippen LogP contribution in [0.2, 0.25) is 0 Å². The second-order valence-electron chi connectivity index (χ2n) is 3.38. The fourth-order valence-electron chi connectivity index (χ4n) is 1.63. The van der Waals surface area contributed by atoms with Gasteiger partial charge in [0.2, 0.25) is 5.78 Å². The quantitative estimate of drug-likeness (QED) is 0.744. The minimum Gasteiger partial charge on any atom is -0.507 e. The maximum atomic E-state index is 11.7. The number of Topliss-reactive ketones (excluding diaryl/α,β-unsaturated/α-hetero) is 1. The zero-order valence-electron chi connectivity index (χ0n) is 8.65. The van der Waals surface area contributed by atoms with Crippen molar-refractivity contribution in [2.75, 3.05) is 7.11 Å². The lowest BCUT2D eigenvalue weighted by Crippen LogP contribution is -2.15. The number of carbonyl (C=O) groups is 2. The van der Waals surface area contributed by atoms with E-state index in [0.717, 1.165) is 12.1 Å². The molecule has 0 radical (unpaired) electrons. The van der Waals surface area contributed by atoms with Crippen LogP contribution in [-0.2, 0) is 0 Å². The Morgan fingerprint density at radius 3 is 2.47 bits per heavy atom. The van der Waals surface area contributed by atoms with E-state index in [9.17, 15) is 19.8 Å². The predicted octanol–water partition coefficient (Wildman–Crippen LogP) is 1.61. The molecule has 1 aromatic rings. The highest BCUT2D eigenvalue weighted by atomic mass is 35.5. The maximum absolute atomic E-state index is 11.7. The molecule has 6 heteroatoms. The van der Waals surface area contributed by atoms with E-state index in [1.54, 1.807) is 0 Å². The van der Waals surface area contributed by atoms with Crippen molar-refractivity contribution >= 4 is 23.2 Å². The highest BCUT2D eigenvalue weighted by Crippen LogP contribution is 2.41. The molecule has 0 bridgehead atoms. The van der Waals surface area contributed by atoms with E-state index in [1.165, 1.54) is 7.11 Å². The fourth-order valence-corrected chi connectivity index (χ4v) is 1.83. The number of phenolic OH excluding ortho intramolecular Hbond substituents is 2. The molecule has 1 aromatic carbocycles. The number of rotatable bonds is 1. The molecule has 1 aliphatic rings. The van der Waals surface area contributed by atoms with Crippen LogP contribution in [0.1, 0.15) is 20.7 Å². The van der Waals surface area contributed by atoms with Gasteiger partial charge in [-0.05, 0) is 0 Å². The summed E-state index contributed by atoms with van der Waals surface area (Å²) in [7, 11) is 1.26. The summed E-state index contributed by atoms with van der Waals surface area (Å²) in [4.78, 5) is 23.3. The zero-order valence-corrected chi connectivity index (χ0v) is 9.41. The molecule has 0 aliphatic heterocycles. The lowest BCUT2D eigenvalue weighted by atomic mass is 9.92. The molecule has 5 nitrogen and oxygen atoms in total. The monoisotopic (exact) mass is 254 g/mol. The second-order valence-corrected chi connectivity index (χ2v) is 3.79. The Morgan fingerprint density at radius 2 is 1.88 bits per heavy atom. The number of hydrogen-bond acceptors (Lipinski definition) is 5. The zero-order chi connectivity index (χ0) is 12.7. The Balaban J connectivity index is 2.83. The molecule has 17 heavy (non-hydrogen) atoms.